The number of rotatable bonds is 6. The Hall–Kier alpha value is -1.20. The summed E-state index contributed by atoms with van der Waals surface area (Å²) in [7, 11) is 0. The van der Waals surface area contributed by atoms with Gasteiger partial charge in [0.15, 0.2) is 0 Å². The Labute approximate surface area is 106 Å². The SMILES string of the molecule is CCC(NCc1ncnn1CC)c1cccs1. The van der Waals surface area contributed by atoms with E-state index in [-0.39, 0.29) is 0 Å². The van der Waals surface area contributed by atoms with Crippen molar-refractivity contribution in [2.24, 2.45) is 0 Å². The lowest BCUT2D eigenvalue weighted by Gasteiger charge is -2.15. The van der Waals surface area contributed by atoms with Gasteiger partial charge in [-0.3, -0.25) is 0 Å². The van der Waals surface area contributed by atoms with Crippen LogP contribution in [0.15, 0.2) is 23.8 Å². The van der Waals surface area contributed by atoms with Crippen molar-refractivity contribution >= 4 is 11.3 Å². The van der Waals surface area contributed by atoms with Crippen molar-refractivity contribution in [1.29, 1.82) is 0 Å². The minimum absolute atomic E-state index is 0.414. The van der Waals surface area contributed by atoms with Crippen LogP contribution >= 0.6 is 11.3 Å². The molecule has 0 saturated heterocycles. The third-order valence-electron chi connectivity index (χ3n) is 2.80. The van der Waals surface area contributed by atoms with Crippen LogP contribution in [-0.4, -0.2) is 14.8 Å². The van der Waals surface area contributed by atoms with E-state index in [0.717, 1.165) is 25.3 Å². The quantitative estimate of drug-likeness (QED) is 0.857. The van der Waals surface area contributed by atoms with Crippen molar-refractivity contribution in [3.63, 3.8) is 0 Å². The second-order valence-corrected chi connectivity index (χ2v) is 4.83. The molecular formula is C12H18N4S. The summed E-state index contributed by atoms with van der Waals surface area (Å²) in [6.45, 7) is 5.91. The molecule has 1 unspecified atom stereocenters. The molecule has 1 atom stereocenters. The Morgan fingerprint density at radius 3 is 3.00 bits per heavy atom. The van der Waals surface area contributed by atoms with E-state index in [0.29, 0.717) is 6.04 Å². The Kier molecular flexibility index (Phi) is 4.28. The van der Waals surface area contributed by atoms with Gasteiger partial charge < -0.3 is 5.32 Å². The van der Waals surface area contributed by atoms with E-state index in [1.165, 1.54) is 4.88 Å². The van der Waals surface area contributed by atoms with Gasteiger partial charge in [0.25, 0.3) is 0 Å². The molecule has 0 radical (unpaired) electrons. The van der Waals surface area contributed by atoms with Crippen LogP contribution in [0.4, 0.5) is 0 Å². The van der Waals surface area contributed by atoms with Gasteiger partial charge in [-0.25, -0.2) is 9.67 Å². The second kappa shape index (κ2) is 5.93. The van der Waals surface area contributed by atoms with Gasteiger partial charge in [0.1, 0.15) is 12.2 Å². The molecule has 2 aromatic rings. The van der Waals surface area contributed by atoms with Crippen LogP contribution in [0.1, 0.15) is 37.0 Å². The van der Waals surface area contributed by atoms with Gasteiger partial charge in [0.2, 0.25) is 0 Å². The maximum Gasteiger partial charge on any atom is 0.140 e. The van der Waals surface area contributed by atoms with E-state index < -0.39 is 0 Å². The molecule has 0 saturated carbocycles. The van der Waals surface area contributed by atoms with Gasteiger partial charge in [0, 0.05) is 17.5 Å². The molecule has 0 bridgehead atoms. The van der Waals surface area contributed by atoms with E-state index in [4.69, 9.17) is 0 Å². The predicted octanol–water partition coefficient (Wildman–Crippen LogP) is 2.60. The Morgan fingerprint density at radius 1 is 1.47 bits per heavy atom. The monoisotopic (exact) mass is 250 g/mol. The summed E-state index contributed by atoms with van der Waals surface area (Å²) < 4.78 is 1.92. The van der Waals surface area contributed by atoms with E-state index in [2.05, 4.69) is 46.8 Å². The fraction of sp³-hybridized carbons (Fsp3) is 0.500. The number of nitrogens with one attached hydrogen (secondary N) is 1. The first-order chi connectivity index (χ1) is 8.35. The molecule has 0 aliphatic heterocycles. The zero-order valence-electron chi connectivity index (χ0n) is 10.3. The first-order valence-corrected chi connectivity index (χ1v) is 6.86. The van der Waals surface area contributed by atoms with Crippen LogP contribution < -0.4 is 5.32 Å². The molecule has 92 valence electrons. The van der Waals surface area contributed by atoms with Gasteiger partial charge >= 0.3 is 0 Å². The van der Waals surface area contributed by atoms with Crippen LogP contribution in [0.25, 0.3) is 0 Å². The highest BCUT2D eigenvalue weighted by Gasteiger charge is 2.11. The molecule has 0 aromatic carbocycles. The minimum atomic E-state index is 0.414. The Balaban J connectivity index is 1.97. The van der Waals surface area contributed by atoms with Crippen molar-refractivity contribution in [2.45, 2.75) is 39.4 Å². The lowest BCUT2D eigenvalue weighted by atomic mass is 10.2. The van der Waals surface area contributed by atoms with Crippen molar-refractivity contribution < 1.29 is 0 Å². The van der Waals surface area contributed by atoms with E-state index in [9.17, 15) is 0 Å². The van der Waals surface area contributed by atoms with Crippen molar-refractivity contribution in [1.82, 2.24) is 20.1 Å². The molecule has 0 aliphatic rings. The number of hydrogen-bond acceptors (Lipinski definition) is 4. The molecule has 0 spiro atoms. The largest absolute Gasteiger partial charge is 0.302 e. The number of aryl methyl sites for hydroxylation is 1. The molecule has 5 heteroatoms. The topological polar surface area (TPSA) is 42.7 Å². The normalized spacial score (nSPS) is 12.8. The van der Waals surface area contributed by atoms with E-state index >= 15 is 0 Å². The molecule has 1 N–H and O–H groups in total. The van der Waals surface area contributed by atoms with E-state index in [1.54, 1.807) is 17.7 Å². The maximum atomic E-state index is 4.27. The zero-order chi connectivity index (χ0) is 12.1. The number of hydrogen-bond donors (Lipinski definition) is 1. The molecule has 0 aliphatic carbocycles. The summed E-state index contributed by atoms with van der Waals surface area (Å²) in [5.74, 6) is 1.00. The molecule has 2 rings (SSSR count). The highest BCUT2D eigenvalue weighted by Crippen LogP contribution is 2.21. The van der Waals surface area contributed by atoms with E-state index in [1.807, 2.05) is 4.68 Å². The molecule has 0 fully saturated rings. The first kappa shape index (κ1) is 12.3. The lowest BCUT2D eigenvalue weighted by Crippen LogP contribution is -2.22. The van der Waals surface area contributed by atoms with Crippen molar-refractivity contribution in [2.75, 3.05) is 0 Å². The summed E-state index contributed by atoms with van der Waals surface area (Å²) >= 11 is 1.80. The highest BCUT2D eigenvalue weighted by molar-refractivity contribution is 7.10. The smallest absolute Gasteiger partial charge is 0.140 e. The van der Waals surface area contributed by atoms with Crippen LogP contribution in [0.3, 0.4) is 0 Å². The third kappa shape index (κ3) is 2.92. The fourth-order valence-electron chi connectivity index (χ4n) is 1.84. The minimum Gasteiger partial charge on any atom is -0.302 e. The van der Waals surface area contributed by atoms with Gasteiger partial charge in [0.05, 0.1) is 6.54 Å². The van der Waals surface area contributed by atoms with Gasteiger partial charge in [-0.2, -0.15) is 5.10 Å². The molecule has 4 nitrogen and oxygen atoms in total. The van der Waals surface area contributed by atoms with Crippen LogP contribution in [0.5, 0.6) is 0 Å². The first-order valence-electron chi connectivity index (χ1n) is 5.98. The fourth-order valence-corrected chi connectivity index (χ4v) is 2.72. The molecule has 17 heavy (non-hydrogen) atoms. The van der Waals surface area contributed by atoms with Crippen LogP contribution in [0.2, 0.25) is 0 Å². The van der Waals surface area contributed by atoms with Crippen molar-refractivity contribution in [3.05, 3.63) is 34.5 Å². The van der Waals surface area contributed by atoms with Crippen molar-refractivity contribution in [3.8, 4) is 0 Å². The highest BCUT2D eigenvalue weighted by atomic mass is 32.1. The summed E-state index contributed by atoms with van der Waals surface area (Å²) in [4.78, 5) is 5.65. The van der Waals surface area contributed by atoms with Crippen LogP contribution in [0, 0.1) is 0 Å². The Morgan fingerprint density at radius 2 is 2.35 bits per heavy atom. The molecule has 0 amide bonds. The second-order valence-electron chi connectivity index (χ2n) is 3.85. The molecule has 2 aromatic heterocycles. The van der Waals surface area contributed by atoms with Crippen LogP contribution in [-0.2, 0) is 13.1 Å². The summed E-state index contributed by atoms with van der Waals surface area (Å²) in [5.41, 5.74) is 0. The summed E-state index contributed by atoms with van der Waals surface area (Å²) in [6, 6.07) is 4.69. The summed E-state index contributed by atoms with van der Waals surface area (Å²) in [5, 5.41) is 9.82. The molecule has 2 heterocycles. The van der Waals surface area contributed by atoms with Gasteiger partial charge in [-0.05, 0) is 24.8 Å². The number of nitrogens with zero attached hydrogens (tertiary/aromatic N) is 3. The molecular weight excluding hydrogens is 232 g/mol. The lowest BCUT2D eigenvalue weighted by molar-refractivity contribution is 0.494. The average Bonchev–Trinajstić information content (AvgIpc) is 2.99. The third-order valence-corrected chi connectivity index (χ3v) is 3.78. The average molecular weight is 250 g/mol. The van der Waals surface area contributed by atoms with Gasteiger partial charge in [-0.15, -0.1) is 11.3 Å². The van der Waals surface area contributed by atoms with Gasteiger partial charge in [-0.1, -0.05) is 13.0 Å². The predicted molar refractivity (Wildman–Crippen MR) is 69.9 cm³/mol. The number of thiophene rings is 1. The summed E-state index contributed by atoms with van der Waals surface area (Å²) in [6.07, 6.45) is 2.70. The zero-order valence-corrected chi connectivity index (χ0v) is 11.1. The Bertz CT molecular complexity index is 435. The number of aromatic nitrogens is 3. The maximum absolute atomic E-state index is 4.27. The standard InChI is InChI=1S/C12H18N4S/c1-3-10(11-6-5-7-17-11)13-8-12-14-9-15-16(12)4-2/h5-7,9-10,13H,3-4,8H2,1-2H3.